The van der Waals surface area contributed by atoms with Crippen LogP contribution in [0, 0.1) is 5.92 Å². The van der Waals surface area contributed by atoms with Gasteiger partial charge in [-0.15, -0.1) is 11.6 Å². The Morgan fingerprint density at radius 1 is 1.29 bits per heavy atom. The summed E-state index contributed by atoms with van der Waals surface area (Å²) in [5.41, 5.74) is 1.21. The lowest BCUT2D eigenvalue weighted by molar-refractivity contribution is 0.305. The Balaban J connectivity index is 2.24. The van der Waals surface area contributed by atoms with Gasteiger partial charge in [0.1, 0.15) is 0 Å². The summed E-state index contributed by atoms with van der Waals surface area (Å²) >= 11 is 13.5. The molecule has 2 rings (SSSR count). The molecule has 1 aliphatic carbocycles. The largest absolute Gasteiger partial charge is 0.117 e. The Morgan fingerprint density at radius 3 is 2.57 bits per heavy atom. The fourth-order valence-electron chi connectivity index (χ4n) is 1.71. The highest BCUT2D eigenvalue weighted by Gasteiger charge is 2.27. The molecule has 0 heterocycles. The molecule has 1 fully saturated rings. The highest BCUT2D eigenvalue weighted by Crippen LogP contribution is 2.44. The average molecular weight is 338 g/mol. The first-order chi connectivity index (χ1) is 6.68. The Morgan fingerprint density at radius 2 is 2.00 bits per heavy atom. The molecule has 0 bridgehead atoms. The van der Waals surface area contributed by atoms with Crippen LogP contribution in [0.4, 0.5) is 0 Å². The highest BCUT2D eigenvalue weighted by atomic mass is 79.9. The van der Waals surface area contributed by atoms with E-state index in [2.05, 4.69) is 37.9 Å². The van der Waals surface area contributed by atoms with Crippen molar-refractivity contribution >= 4 is 43.5 Å². The van der Waals surface area contributed by atoms with Crippen molar-refractivity contribution in [2.45, 2.75) is 24.6 Å². The minimum absolute atomic E-state index is 0.163. The molecule has 0 N–H and O–H groups in total. The van der Waals surface area contributed by atoms with E-state index in [9.17, 15) is 0 Å². The minimum Gasteiger partial charge on any atom is -0.117 e. The predicted molar refractivity (Wildman–Crippen MR) is 67.8 cm³/mol. The fraction of sp³-hybridized carbons (Fsp3) is 0.455. The molecule has 1 aromatic carbocycles. The first-order valence-electron chi connectivity index (χ1n) is 4.77. The van der Waals surface area contributed by atoms with Gasteiger partial charge in [0, 0.05) is 8.95 Å². The molecule has 1 aliphatic rings. The number of halogens is 3. The summed E-state index contributed by atoms with van der Waals surface area (Å²) in [5, 5.41) is 0.163. The van der Waals surface area contributed by atoms with E-state index < -0.39 is 0 Å². The molecule has 76 valence electrons. The minimum atomic E-state index is 0.163. The average Bonchev–Trinajstić information content (AvgIpc) is 2.06. The van der Waals surface area contributed by atoms with Gasteiger partial charge in [0.05, 0.1) is 5.38 Å². The SMILES string of the molecule is ClC(c1cc(Br)ccc1Br)C1CCC1. The smallest absolute Gasteiger partial charge is 0.0624 e. The van der Waals surface area contributed by atoms with Gasteiger partial charge in [0.25, 0.3) is 0 Å². The van der Waals surface area contributed by atoms with Crippen LogP contribution in [-0.4, -0.2) is 0 Å². The maximum absolute atomic E-state index is 6.43. The van der Waals surface area contributed by atoms with Gasteiger partial charge in [0.2, 0.25) is 0 Å². The molecule has 0 aromatic heterocycles. The van der Waals surface area contributed by atoms with Gasteiger partial charge in [-0.3, -0.25) is 0 Å². The number of benzene rings is 1. The molecular weight excluding hydrogens is 327 g/mol. The molecule has 0 spiro atoms. The molecule has 3 heteroatoms. The van der Waals surface area contributed by atoms with Crippen LogP contribution in [0.1, 0.15) is 30.2 Å². The summed E-state index contributed by atoms with van der Waals surface area (Å²) in [6, 6.07) is 6.19. The van der Waals surface area contributed by atoms with Gasteiger partial charge in [-0.2, -0.15) is 0 Å². The number of rotatable bonds is 2. The number of hydrogen-bond donors (Lipinski definition) is 0. The zero-order valence-electron chi connectivity index (χ0n) is 7.64. The van der Waals surface area contributed by atoms with Crippen molar-refractivity contribution in [3.8, 4) is 0 Å². The molecule has 0 aliphatic heterocycles. The molecule has 14 heavy (non-hydrogen) atoms. The van der Waals surface area contributed by atoms with Crippen molar-refractivity contribution in [3.63, 3.8) is 0 Å². The number of hydrogen-bond acceptors (Lipinski definition) is 0. The summed E-state index contributed by atoms with van der Waals surface area (Å²) < 4.78 is 2.22. The van der Waals surface area contributed by atoms with E-state index in [1.54, 1.807) is 0 Å². The van der Waals surface area contributed by atoms with Crippen LogP contribution in [0.25, 0.3) is 0 Å². The van der Waals surface area contributed by atoms with Gasteiger partial charge in [-0.25, -0.2) is 0 Å². The van der Waals surface area contributed by atoms with Crippen LogP contribution in [0.2, 0.25) is 0 Å². The van der Waals surface area contributed by atoms with E-state index in [4.69, 9.17) is 11.6 Å². The second-order valence-electron chi connectivity index (χ2n) is 3.76. The summed E-state index contributed by atoms with van der Waals surface area (Å²) in [4.78, 5) is 0. The fourth-order valence-corrected chi connectivity index (χ4v) is 3.15. The molecule has 0 amide bonds. The Hall–Kier alpha value is 0.470. The monoisotopic (exact) mass is 336 g/mol. The molecule has 1 atom stereocenters. The van der Waals surface area contributed by atoms with Gasteiger partial charge in [-0.05, 0) is 42.5 Å². The third-order valence-corrected chi connectivity index (χ3v) is 4.63. The number of alkyl halides is 1. The lowest BCUT2D eigenvalue weighted by Crippen LogP contribution is -2.16. The van der Waals surface area contributed by atoms with E-state index in [-0.39, 0.29) is 5.38 Å². The van der Waals surface area contributed by atoms with Gasteiger partial charge in [-0.1, -0.05) is 38.3 Å². The third kappa shape index (κ3) is 2.17. The standard InChI is InChI=1S/C11H11Br2Cl/c12-8-4-5-10(13)9(6-8)11(14)7-2-1-3-7/h4-7,11H,1-3H2. The maximum atomic E-state index is 6.43. The van der Waals surface area contributed by atoms with Crippen LogP contribution in [-0.2, 0) is 0 Å². The first-order valence-corrected chi connectivity index (χ1v) is 6.80. The van der Waals surface area contributed by atoms with Crippen molar-refractivity contribution < 1.29 is 0 Å². The zero-order chi connectivity index (χ0) is 10.1. The van der Waals surface area contributed by atoms with E-state index in [1.165, 1.54) is 24.8 Å². The zero-order valence-corrected chi connectivity index (χ0v) is 11.6. The lowest BCUT2D eigenvalue weighted by Gasteiger charge is -2.30. The topological polar surface area (TPSA) is 0 Å². The van der Waals surface area contributed by atoms with E-state index in [1.807, 2.05) is 12.1 Å². The molecule has 0 nitrogen and oxygen atoms in total. The summed E-state index contributed by atoms with van der Waals surface area (Å²) in [5.74, 6) is 0.669. The lowest BCUT2D eigenvalue weighted by atomic mass is 9.80. The van der Waals surface area contributed by atoms with E-state index in [0.29, 0.717) is 5.92 Å². The van der Waals surface area contributed by atoms with Gasteiger partial charge >= 0.3 is 0 Å². The highest BCUT2D eigenvalue weighted by molar-refractivity contribution is 9.11. The van der Waals surface area contributed by atoms with E-state index >= 15 is 0 Å². The van der Waals surface area contributed by atoms with Crippen LogP contribution in [0.3, 0.4) is 0 Å². The van der Waals surface area contributed by atoms with E-state index in [0.717, 1.165) is 8.95 Å². The van der Waals surface area contributed by atoms with Crippen LogP contribution in [0.15, 0.2) is 27.1 Å². The summed E-state index contributed by atoms with van der Waals surface area (Å²) in [6.45, 7) is 0. The molecule has 0 radical (unpaired) electrons. The molecular formula is C11H11Br2Cl. The Kier molecular flexibility index (Phi) is 3.56. The molecule has 1 saturated carbocycles. The van der Waals surface area contributed by atoms with Crippen LogP contribution >= 0.6 is 43.5 Å². The predicted octanol–water partition coefficient (Wildman–Crippen LogP) is 5.29. The van der Waals surface area contributed by atoms with Crippen molar-refractivity contribution in [2.75, 3.05) is 0 Å². The van der Waals surface area contributed by atoms with Crippen molar-refractivity contribution in [1.82, 2.24) is 0 Å². The quantitative estimate of drug-likeness (QED) is 0.643. The normalized spacial score (nSPS) is 19.1. The van der Waals surface area contributed by atoms with Crippen molar-refractivity contribution in [1.29, 1.82) is 0 Å². The Labute approximate surface area is 106 Å². The molecule has 0 saturated heterocycles. The summed E-state index contributed by atoms with van der Waals surface area (Å²) in [6.07, 6.45) is 3.87. The van der Waals surface area contributed by atoms with Crippen molar-refractivity contribution in [3.05, 3.63) is 32.7 Å². The molecule has 1 unspecified atom stereocenters. The van der Waals surface area contributed by atoms with Gasteiger partial charge in [0.15, 0.2) is 0 Å². The second kappa shape index (κ2) is 4.54. The first kappa shape index (κ1) is 11.0. The van der Waals surface area contributed by atoms with Crippen LogP contribution in [0.5, 0.6) is 0 Å². The van der Waals surface area contributed by atoms with Crippen LogP contribution < -0.4 is 0 Å². The Bertz CT molecular complexity index is 334. The summed E-state index contributed by atoms with van der Waals surface area (Å²) in [7, 11) is 0. The molecule has 1 aromatic rings. The van der Waals surface area contributed by atoms with Crippen molar-refractivity contribution in [2.24, 2.45) is 5.92 Å². The maximum Gasteiger partial charge on any atom is 0.0624 e. The van der Waals surface area contributed by atoms with Gasteiger partial charge < -0.3 is 0 Å². The third-order valence-electron chi connectivity index (χ3n) is 2.82. The second-order valence-corrected chi connectivity index (χ2v) is 6.00.